The highest BCUT2D eigenvalue weighted by molar-refractivity contribution is 7.85. The Bertz CT molecular complexity index is 564. The Kier molecular flexibility index (Phi) is 8.96. The third-order valence-electron chi connectivity index (χ3n) is 3.20. The molecule has 0 radical (unpaired) electrons. The van der Waals surface area contributed by atoms with E-state index in [1.54, 1.807) is 6.92 Å². The zero-order chi connectivity index (χ0) is 18.1. The largest absolute Gasteiger partial charge is 0.748 e. The van der Waals surface area contributed by atoms with Crippen molar-refractivity contribution in [2.75, 3.05) is 39.5 Å². The molecule has 132 valence electrons. The maximum atomic E-state index is 11.5. The van der Waals surface area contributed by atoms with Gasteiger partial charge in [0.1, 0.15) is 0 Å². The van der Waals surface area contributed by atoms with E-state index in [0.717, 1.165) is 6.54 Å². The van der Waals surface area contributed by atoms with E-state index in [4.69, 9.17) is 0 Å². The molecule has 0 bridgehead atoms. The lowest BCUT2D eigenvalue weighted by Gasteiger charge is -2.30. The second-order valence-corrected chi connectivity index (χ2v) is 7.64. The molecule has 0 saturated heterocycles. The average molecular weight is 346 g/mol. The summed E-state index contributed by atoms with van der Waals surface area (Å²) in [5.41, 5.74) is 0.369. The minimum absolute atomic E-state index is 0.286. The molecule has 0 saturated carbocycles. The molecule has 0 aliphatic heterocycles. The fourth-order valence-electron chi connectivity index (χ4n) is 1.85. The van der Waals surface area contributed by atoms with Crippen LogP contribution in [-0.2, 0) is 19.7 Å². The normalized spacial score (nSPS) is 12.3. The van der Waals surface area contributed by atoms with Crippen molar-refractivity contribution in [1.82, 2.24) is 5.32 Å². The number of ketones is 1. The molecule has 0 atom stereocenters. The topological polar surface area (TPSA) is 103 Å². The van der Waals surface area contributed by atoms with Crippen LogP contribution in [0, 0.1) is 0 Å². The van der Waals surface area contributed by atoms with Crippen LogP contribution in [0.2, 0.25) is 0 Å². The van der Waals surface area contributed by atoms with Gasteiger partial charge >= 0.3 is 0 Å². The summed E-state index contributed by atoms with van der Waals surface area (Å²) in [7, 11) is -0.290. The van der Waals surface area contributed by atoms with Crippen molar-refractivity contribution in [3.63, 3.8) is 0 Å². The molecule has 0 aromatic rings. The van der Waals surface area contributed by atoms with E-state index in [2.05, 4.69) is 11.9 Å². The van der Waals surface area contributed by atoms with Crippen LogP contribution in [0.4, 0.5) is 0 Å². The van der Waals surface area contributed by atoms with Gasteiger partial charge in [-0.25, -0.2) is 8.42 Å². The molecule has 0 aromatic heterocycles. The molecule has 0 spiro atoms. The molecule has 0 aliphatic carbocycles. The van der Waals surface area contributed by atoms with Crippen LogP contribution in [0.15, 0.2) is 24.3 Å². The lowest BCUT2D eigenvalue weighted by Crippen LogP contribution is -2.43. The predicted molar refractivity (Wildman–Crippen MR) is 87.6 cm³/mol. The Morgan fingerprint density at radius 3 is 2.26 bits per heavy atom. The molecule has 0 aromatic carbocycles. The van der Waals surface area contributed by atoms with Gasteiger partial charge in [0.25, 0.3) is 0 Å². The molecule has 7 nitrogen and oxygen atoms in total. The highest BCUT2D eigenvalue weighted by Gasteiger charge is 2.14. The number of nitrogens with zero attached hydrogens (tertiary/aromatic N) is 1. The molecular formula is C15H26N2O5S. The first kappa shape index (κ1) is 21.5. The molecule has 0 fully saturated rings. The number of quaternary nitrogens is 1. The first-order valence-electron chi connectivity index (χ1n) is 7.34. The summed E-state index contributed by atoms with van der Waals surface area (Å²) in [5, 5.41) is 2.67. The molecule has 23 heavy (non-hydrogen) atoms. The van der Waals surface area contributed by atoms with Crippen molar-refractivity contribution in [3.8, 4) is 0 Å². The van der Waals surface area contributed by atoms with Crippen LogP contribution in [0.5, 0.6) is 0 Å². The third-order valence-corrected chi connectivity index (χ3v) is 3.99. The zero-order valence-corrected chi connectivity index (χ0v) is 14.8. The van der Waals surface area contributed by atoms with E-state index >= 15 is 0 Å². The fourth-order valence-corrected chi connectivity index (χ4v) is 2.34. The van der Waals surface area contributed by atoms with Gasteiger partial charge in [-0.3, -0.25) is 9.59 Å². The quantitative estimate of drug-likeness (QED) is 0.249. The van der Waals surface area contributed by atoms with Crippen molar-refractivity contribution < 1.29 is 27.0 Å². The number of allylic oxidation sites excluding steroid dienone is 2. The van der Waals surface area contributed by atoms with Crippen LogP contribution < -0.4 is 5.32 Å². The number of hydrogen-bond acceptors (Lipinski definition) is 5. The Hall–Kier alpha value is -1.51. The van der Waals surface area contributed by atoms with Gasteiger partial charge in [-0.2, -0.15) is 0 Å². The van der Waals surface area contributed by atoms with Crippen LogP contribution >= 0.6 is 0 Å². The number of nitrogens with one attached hydrogen (secondary N) is 1. The minimum Gasteiger partial charge on any atom is -0.748 e. The van der Waals surface area contributed by atoms with Crippen LogP contribution in [0.3, 0.4) is 0 Å². The van der Waals surface area contributed by atoms with Gasteiger partial charge in [0, 0.05) is 31.2 Å². The van der Waals surface area contributed by atoms with E-state index in [-0.39, 0.29) is 17.4 Å². The van der Waals surface area contributed by atoms with E-state index in [9.17, 15) is 22.6 Å². The molecule has 1 N–H and O–H groups in total. The molecule has 0 unspecified atom stereocenters. The van der Waals surface area contributed by atoms with Crippen LogP contribution in [-0.4, -0.2) is 68.6 Å². The van der Waals surface area contributed by atoms with Crippen molar-refractivity contribution in [3.05, 3.63) is 24.3 Å². The van der Waals surface area contributed by atoms with Gasteiger partial charge in [-0.15, -0.1) is 0 Å². The van der Waals surface area contributed by atoms with E-state index in [0.29, 0.717) is 36.0 Å². The number of hydrogen-bond donors (Lipinski definition) is 1. The molecule has 1 amide bonds. The standard InChI is InChI=1S/C15H26N2O5S/c1-13(2)14(18)7-8-15(19)16-9-5-10-17(3,4)11-6-12-23(20,21)22/h7-8H,1,5-6,9-12H2,2-4H3,(H-,16,19,20,21,22). The Labute approximate surface area is 138 Å². The second-order valence-electron chi connectivity index (χ2n) is 6.12. The van der Waals surface area contributed by atoms with E-state index < -0.39 is 10.1 Å². The van der Waals surface area contributed by atoms with Crippen molar-refractivity contribution >= 4 is 21.8 Å². The average Bonchev–Trinajstić information content (AvgIpc) is 2.39. The third kappa shape index (κ3) is 12.7. The number of rotatable bonds is 11. The first-order valence-corrected chi connectivity index (χ1v) is 8.92. The summed E-state index contributed by atoms with van der Waals surface area (Å²) < 4.78 is 32.2. The Morgan fingerprint density at radius 1 is 1.17 bits per heavy atom. The summed E-state index contributed by atoms with van der Waals surface area (Å²) in [6.07, 6.45) is 3.37. The lowest BCUT2D eigenvalue weighted by atomic mass is 10.2. The maximum Gasteiger partial charge on any atom is 0.244 e. The second kappa shape index (κ2) is 9.59. The Morgan fingerprint density at radius 2 is 1.74 bits per heavy atom. The van der Waals surface area contributed by atoms with E-state index in [1.165, 1.54) is 12.2 Å². The summed E-state index contributed by atoms with van der Waals surface area (Å²) in [6, 6.07) is 0. The van der Waals surface area contributed by atoms with Gasteiger partial charge < -0.3 is 14.4 Å². The molecule has 0 rings (SSSR count). The molecule has 0 heterocycles. The lowest BCUT2D eigenvalue weighted by molar-refractivity contribution is -0.890. The monoisotopic (exact) mass is 346 g/mol. The van der Waals surface area contributed by atoms with Crippen molar-refractivity contribution in [1.29, 1.82) is 0 Å². The zero-order valence-electron chi connectivity index (χ0n) is 14.0. The van der Waals surface area contributed by atoms with E-state index in [1.807, 2.05) is 14.1 Å². The van der Waals surface area contributed by atoms with Gasteiger partial charge in [-0.05, 0) is 18.6 Å². The summed E-state index contributed by atoms with van der Waals surface area (Å²) in [5.74, 6) is -0.985. The van der Waals surface area contributed by atoms with Gasteiger partial charge in [0.15, 0.2) is 5.78 Å². The first-order chi connectivity index (χ1) is 10.4. The van der Waals surface area contributed by atoms with Gasteiger partial charge in [-0.1, -0.05) is 6.58 Å². The predicted octanol–water partition coefficient (Wildman–Crippen LogP) is 0.206. The summed E-state index contributed by atoms with van der Waals surface area (Å²) in [4.78, 5) is 22.7. The maximum absolute atomic E-state index is 11.5. The minimum atomic E-state index is -4.16. The molecule has 0 aliphatic rings. The number of amides is 1. The van der Waals surface area contributed by atoms with Crippen molar-refractivity contribution in [2.45, 2.75) is 19.8 Å². The highest BCUT2D eigenvalue weighted by atomic mass is 32.2. The summed E-state index contributed by atoms with van der Waals surface area (Å²) >= 11 is 0. The molecule has 8 heteroatoms. The van der Waals surface area contributed by atoms with Crippen LogP contribution in [0.25, 0.3) is 0 Å². The van der Waals surface area contributed by atoms with Gasteiger partial charge in [0.05, 0.1) is 37.3 Å². The highest BCUT2D eigenvalue weighted by Crippen LogP contribution is 2.02. The Balaban J connectivity index is 3.99. The van der Waals surface area contributed by atoms with Gasteiger partial charge in [0.2, 0.25) is 5.91 Å². The number of carbonyl (C=O) groups excluding carboxylic acids is 2. The molecular weight excluding hydrogens is 320 g/mol. The SMILES string of the molecule is C=C(C)C(=O)C=CC(=O)NCCC[N+](C)(C)CCCS(=O)(=O)[O-]. The smallest absolute Gasteiger partial charge is 0.244 e. The number of carbonyl (C=O) groups is 2. The van der Waals surface area contributed by atoms with Crippen LogP contribution in [0.1, 0.15) is 19.8 Å². The fraction of sp³-hybridized carbons (Fsp3) is 0.600. The van der Waals surface area contributed by atoms with Crippen molar-refractivity contribution in [2.24, 2.45) is 0 Å². The summed E-state index contributed by atoms with van der Waals surface area (Å²) in [6.45, 7) is 6.81.